The van der Waals surface area contributed by atoms with Gasteiger partial charge in [-0.05, 0) is 62.1 Å². The Balaban J connectivity index is 2.16. The molecule has 1 aromatic heterocycles. The van der Waals surface area contributed by atoms with Crippen molar-refractivity contribution in [3.8, 4) is 0 Å². The molecule has 108 valence electrons. The summed E-state index contributed by atoms with van der Waals surface area (Å²) >= 11 is 7.75. The topological polar surface area (TPSA) is 12.0 Å². The summed E-state index contributed by atoms with van der Waals surface area (Å²) in [5.74, 6) is 0. The first-order valence-corrected chi connectivity index (χ1v) is 8.34. The van der Waals surface area contributed by atoms with E-state index in [4.69, 9.17) is 11.6 Å². The lowest BCUT2D eigenvalue weighted by Gasteiger charge is -2.18. The van der Waals surface area contributed by atoms with E-state index in [1.54, 1.807) is 11.3 Å². The predicted molar refractivity (Wildman–Crippen MR) is 90.0 cm³/mol. The molecule has 0 aliphatic rings. The zero-order valence-electron chi connectivity index (χ0n) is 12.4. The van der Waals surface area contributed by atoms with Crippen molar-refractivity contribution in [2.24, 2.45) is 0 Å². The van der Waals surface area contributed by atoms with Crippen LogP contribution in [0.5, 0.6) is 0 Å². The zero-order chi connectivity index (χ0) is 14.5. The number of nitrogens with one attached hydrogen (secondary N) is 1. The maximum absolute atomic E-state index is 6.08. The third kappa shape index (κ3) is 4.08. The molecule has 0 bridgehead atoms. The molecule has 2 rings (SSSR count). The summed E-state index contributed by atoms with van der Waals surface area (Å²) in [6.45, 7) is 7.56. The Kier molecular flexibility index (Phi) is 5.64. The normalized spacial score (nSPS) is 12.6. The van der Waals surface area contributed by atoms with Crippen molar-refractivity contribution < 1.29 is 0 Å². The number of halogens is 1. The quantitative estimate of drug-likeness (QED) is 0.763. The van der Waals surface area contributed by atoms with Gasteiger partial charge in [-0.2, -0.15) is 0 Å². The molecule has 0 saturated carbocycles. The van der Waals surface area contributed by atoms with Crippen molar-refractivity contribution in [3.05, 3.63) is 56.2 Å². The minimum atomic E-state index is 0.356. The van der Waals surface area contributed by atoms with Gasteiger partial charge in [0.05, 0.1) is 4.34 Å². The van der Waals surface area contributed by atoms with Crippen LogP contribution in [0.2, 0.25) is 4.34 Å². The molecule has 20 heavy (non-hydrogen) atoms. The fourth-order valence-corrected chi connectivity index (χ4v) is 3.41. The van der Waals surface area contributed by atoms with Gasteiger partial charge in [0.2, 0.25) is 0 Å². The lowest BCUT2D eigenvalue weighted by Crippen LogP contribution is -2.23. The number of aryl methyl sites for hydroxylation is 2. The molecule has 1 N–H and O–H groups in total. The van der Waals surface area contributed by atoms with Gasteiger partial charge in [0, 0.05) is 10.9 Å². The third-order valence-electron chi connectivity index (χ3n) is 3.59. The smallest absolute Gasteiger partial charge is 0.0931 e. The number of benzene rings is 1. The highest BCUT2D eigenvalue weighted by molar-refractivity contribution is 7.16. The Labute approximate surface area is 131 Å². The molecule has 0 aliphatic carbocycles. The molecule has 0 saturated heterocycles. The number of rotatable bonds is 6. The SMILES string of the molecule is CCCNC(Cc1ccc(C)c(C)c1)c1ccc(Cl)s1. The van der Waals surface area contributed by atoms with Crippen LogP contribution in [0.4, 0.5) is 0 Å². The van der Waals surface area contributed by atoms with Gasteiger partial charge in [-0.25, -0.2) is 0 Å². The summed E-state index contributed by atoms with van der Waals surface area (Å²) in [7, 11) is 0. The highest BCUT2D eigenvalue weighted by Gasteiger charge is 2.14. The van der Waals surface area contributed by atoms with Crippen LogP contribution in [0.1, 0.15) is 41.0 Å². The highest BCUT2D eigenvalue weighted by Crippen LogP contribution is 2.29. The molecule has 1 unspecified atom stereocenters. The lowest BCUT2D eigenvalue weighted by molar-refractivity contribution is 0.536. The van der Waals surface area contributed by atoms with Crippen LogP contribution in [0, 0.1) is 13.8 Å². The second kappa shape index (κ2) is 7.26. The van der Waals surface area contributed by atoms with Gasteiger partial charge < -0.3 is 5.32 Å². The van der Waals surface area contributed by atoms with Crippen LogP contribution in [0.25, 0.3) is 0 Å². The molecule has 0 aliphatic heterocycles. The summed E-state index contributed by atoms with van der Waals surface area (Å²) in [6, 6.07) is 11.2. The van der Waals surface area contributed by atoms with Crippen LogP contribution in [0.15, 0.2) is 30.3 Å². The summed E-state index contributed by atoms with van der Waals surface area (Å²) in [4.78, 5) is 1.32. The van der Waals surface area contributed by atoms with Gasteiger partial charge in [-0.15, -0.1) is 11.3 Å². The molecule has 0 radical (unpaired) electrons. The Bertz CT molecular complexity index is 562. The van der Waals surface area contributed by atoms with E-state index >= 15 is 0 Å². The second-order valence-electron chi connectivity index (χ2n) is 5.27. The van der Waals surface area contributed by atoms with Crippen LogP contribution >= 0.6 is 22.9 Å². The molecular formula is C17H22ClNS. The molecule has 1 nitrogen and oxygen atoms in total. The Morgan fingerprint density at radius 2 is 1.95 bits per heavy atom. The first kappa shape index (κ1) is 15.6. The van der Waals surface area contributed by atoms with Gasteiger partial charge in [-0.3, -0.25) is 0 Å². The number of thiophene rings is 1. The molecule has 2 aromatic rings. The fraction of sp³-hybridized carbons (Fsp3) is 0.412. The molecule has 1 aromatic carbocycles. The lowest BCUT2D eigenvalue weighted by atomic mass is 10.00. The standard InChI is InChI=1S/C17H22ClNS/c1-4-9-19-15(16-7-8-17(18)20-16)11-14-6-5-12(2)13(3)10-14/h5-8,10,15,19H,4,9,11H2,1-3H3. The van der Waals surface area contributed by atoms with Crippen LogP contribution in [-0.2, 0) is 6.42 Å². The summed E-state index contributed by atoms with van der Waals surface area (Å²) < 4.78 is 0.864. The monoisotopic (exact) mass is 307 g/mol. The van der Waals surface area contributed by atoms with Crippen molar-refractivity contribution in [2.75, 3.05) is 6.54 Å². The molecular weight excluding hydrogens is 286 g/mol. The fourth-order valence-electron chi connectivity index (χ4n) is 2.27. The van der Waals surface area contributed by atoms with E-state index in [-0.39, 0.29) is 0 Å². The zero-order valence-corrected chi connectivity index (χ0v) is 13.9. The first-order chi connectivity index (χ1) is 9.60. The molecule has 1 heterocycles. The van der Waals surface area contributed by atoms with Crippen molar-refractivity contribution in [1.82, 2.24) is 5.32 Å². The van der Waals surface area contributed by atoms with Gasteiger partial charge >= 0.3 is 0 Å². The predicted octanol–water partition coefficient (Wildman–Crippen LogP) is 5.30. The third-order valence-corrected chi connectivity index (χ3v) is 4.93. The molecule has 3 heteroatoms. The summed E-state index contributed by atoms with van der Waals surface area (Å²) in [5, 5.41) is 3.63. The van der Waals surface area contributed by atoms with Crippen LogP contribution in [0.3, 0.4) is 0 Å². The molecule has 0 spiro atoms. The van der Waals surface area contributed by atoms with Crippen molar-refractivity contribution in [3.63, 3.8) is 0 Å². The molecule has 0 amide bonds. The summed E-state index contributed by atoms with van der Waals surface area (Å²) in [5.41, 5.74) is 4.10. The van der Waals surface area contributed by atoms with E-state index < -0.39 is 0 Å². The maximum atomic E-state index is 6.08. The van der Waals surface area contributed by atoms with E-state index in [2.05, 4.69) is 50.4 Å². The Hall–Kier alpha value is -0.830. The Morgan fingerprint density at radius 1 is 1.15 bits per heavy atom. The second-order valence-corrected chi connectivity index (χ2v) is 7.02. The molecule has 1 atom stereocenters. The van der Waals surface area contributed by atoms with E-state index in [9.17, 15) is 0 Å². The largest absolute Gasteiger partial charge is 0.309 e. The van der Waals surface area contributed by atoms with Crippen LogP contribution in [-0.4, -0.2) is 6.54 Å². The van der Waals surface area contributed by atoms with Crippen molar-refractivity contribution in [2.45, 2.75) is 39.7 Å². The van der Waals surface area contributed by atoms with Crippen LogP contribution < -0.4 is 5.32 Å². The number of hydrogen-bond donors (Lipinski definition) is 1. The van der Waals surface area contributed by atoms with E-state index in [1.165, 1.54) is 21.6 Å². The minimum Gasteiger partial charge on any atom is -0.309 e. The van der Waals surface area contributed by atoms with E-state index in [1.807, 2.05) is 6.07 Å². The van der Waals surface area contributed by atoms with Gasteiger partial charge in [0.25, 0.3) is 0 Å². The van der Waals surface area contributed by atoms with E-state index in [0.29, 0.717) is 6.04 Å². The number of hydrogen-bond acceptors (Lipinski definition) is 2. The average molecular weight is 308 g/mol. The average Bonchev–Trinajstić information content (AvgIpc) is 2.85. The summed E-state index contributed by atoms with van der Waals surface area (Å²) in [6.07, 6.45) is 2.15. The van der Waals surface area contributed by atoms with Crippen molar-refractivity contribution in [1.29, 1.82) is 0 Å². The first-order valence-electron chi connectivity index (χ1n) is 7.15. The maximum Gasteiger partial charge on any atom is 0.0931 e. The Morgan fingerprint density at radius 3 is 2.55 bits per heavy atom. The van der Waals surface area contributed by atoms with E-state index in [0.717, 1.165) is 23.7 Å². The van der Waals surface area contributed by atoms with Crippen molar-refractivity contribution >= 4 is 22.9 Å². The highest BCUT2D eigenvalue weighted by atomic mass is 35.5. The van der Waals surface area contributed by atoms with Gasteiger partial charge in [0.15, 0.2) is 0 Å². The van der Waals surface area contributed by atoms with Gasteiger partial charge in [-0.1, -0.05) is 36.7 Å². The molecule has 0 fully saturated rings. The minimum absolute atomic E-state index is 0.356. The van der Waals surface area contributed by atoms with Gasteiger partial charge in [0.1, 0.15) is 0 Å².